The Hall–Kier alpha value is -2.03. The molecule has 1 aliphatic rings. The predicted octanol–water partition coefficient (Wildman–Crippen LogP) is 3.39. The van der Waals surface area contributed by atoms with Crippen LogP contribution in [-0.2, 0) is 13.1 Å². The molecule has 3 rings (SSSR count). The molecule has 1 aliphatic heterocycles. The molecule has 92 valence electrons. The van der Waals surface area contributed by atoms with E-state index in [1.807, 2.05) is 25.2 Å². The molecule has 0 bridgehead atoms. The standard InChI is InChI=1S/C15H15FN2/c1-17-14-7-4-5-11-9-18(10-12(11)14)15-8-3-2-6-13(15)16/h2-8,17H,9-10H2,1H3. The van der Waals surface area contributed by atoms with Crippen molar-refractivity contribution in [2.45, 2.75) is 13.1 Å². The van der Waals surface area contributed by atoms with E-state index in [1.54, 1.807) is 6.07 Å². The van der Waals surface area contributed by atoms with Gasteiger partial charge in [-0.1, -0.05) is 24.3 Å². The Morgan fingerprint density at radius 1 is 1.06 bits per heavy atom. The maximum atomic E-state index is 13.8. The van der Waals surface area contributed by atoms with E-state index in [2.05, 4.69) is 22.3 Å². The highest BCUT2D eigenvalue weighted by Gasteiger charge is 2.22. The molecule has 18 heavy (non-hydrogen) atoms. The van der Waals surface area contributed by atoms with E-state index in [-0.39, 0.29) is 5.82 Å². The SMILES string of the molecule is CNc1cccc2c1CN(c1ccccc1F)C2. The van der Waals surface area contributed by atoms with Gasteiger partial charge in [0.05, 0.1) is 5.69 Å². The summed E-state index contributed by atoms with van der Waals surface area (Å²) in [6.45, 7) is 1.53. The molecule has 0 unspecified atom stereocenters. The Morgan fingerprint density at radius 2 is 1.89 bits per heavy atom. The maximum absolute atomic E-state index is 13.8. The van der Waals surface area contributed by atoms with Crippen LogP contribution in [-0.4, -0.2) is 7.05 Å². The highest BCUT2D eigenvalue weighted by Crippen LogP contribution is 2.33. The van der Waals surface area contributed by atoms with E-state index in [1.165, 1.54) is 17.2 Å². The normalized spacial score (nSPS) is 13.6. The second-order valence-electron chi connectivity index (χ2n) is 4.50. The molecule has 1 heterocycles. The summed E-state index contributed by atoms with van der Waals surface area (Å²) >= 11 is 0. The number of hydrogen-bond donors (Lipinski definition) is 1. The van der Waals surface area contributed by atoms with Gasteiger partial charge in [0, 0.05) is 25.8 Å². The third-order valence-corrected chi connectivity index (χ3v) is 3.45. The second-order valence-corrected chi connectivity index (χ2v) is 4.50. The lowest BCUT2D eigenvalue weighted by molar-refractivity contribution is 0.619. The van der Waals surface area contributed by atoms with Crippen molar-refractivity contribution in [3.05, 3.63) is 59.4 Å². The molecular weight excluding hydrogens is 227 g/mol. The second kappa shape index (κ2) is 4.33. The quantitative estimate of drug-likeness (QED) is 0.868. The van der Waals surface area contributed by atoms with Crippen LogP contribution in [0.4, 0.5) is 15.8 Å². The van der Waals surface area contributed by atoms with Crippen LogP contribution in [0.1, 0.15) is 11.1 Å². The smallest absolute Gasteiger partial charge is 0.146 e. The average Bonchev–Trinajstić information content (AvgIpc) is 2.82. The number of rotatable bonds is 2. The van der Waals surface area contributed by atoms with Gasteiger partial charge < -0.3 is 10.2 Å². The molecule has 0 saturated heterocycles. The average molecular weight is 242 g/mol. The van der Waals surface area contributed by atoms with Gasteiger partial charge in [-0.25, -0.2) is 4.39 Å². The minimum absolute atomic E-state index is 0.156. The van der Waals surface area contributed by atoms with Crippen molar-refractivity contribution < 1.29 is 4.39 Å². The van der Waals surface area contributed by atoms with E-state index in [9.17, 15) is 4.39 Å². The number of anilines is 2. The van der Waals surface area contributed by atoms with Crippen molar-refractivity contribution in [2.24, 2.45) is 0 Å². The summed E-state index contributed by atoms with van der Waals surface area (Å²) in [5.41, 5.74) is 4.34. The minimum atomic E-state index is -0.156. The van der Waals surface area contributed by atoms with Gasteiger partial charge in [-0.3, -0.25) is 0 Å². The van der Waals surface area contributed by atoms with Crippen molar-refractivity contribution in [2.75, 3.05) is 17.3 Å². The molecule has 1 N–H and O–H groups in total. The van der Waals surface area contributed by atoms with E-state index in [0.29, 0.717) is 5.69 Å². The van der Waals surface area contributed by atoms with Crippen LogP contribution in [0.25, 0.3) is 0 Å². The highest BCUT2D eigenvalue weighted by atomic mass is 19.1. The molecule has 0 spiro atoms. The molecule has 0 fully saturated rings. The molecule has 0 radical (unpaired) electrons. The third-order valence-electron chi connectivity index (χ3n) is 3.45. The number of halogens is 1. The van der Waals surface area contributed by atoms with Gasteiger partial charge in [0.15, 0.2) is 0 Å². The Balaban J connectivity index is 1.96. The van der Waals surface area contributed by atoms with E-state index >= 15 is 0 Å². The Bertz CT molecular complexity index is 580. The lowest BCUT2D eigenvalue weighted by Crippen LogP contribution is -2.15. The number of nitrogens with zero attached hydrogens (tertiary/aromatic N) is 1. The summed E-state index contributed by atoms with van der Waals surface area (Å²) in [6.07, 6.45) is 0. The van der Waals surface area contributed by atoms with Gasteiger partial charge in [-0.15, -0.1) is 0 Å². The first kappa shape index (κ1) is 11.1. The van der Waals surface area contributed by atoms with Gasteiger partial charge in [-0.05, 0) is 29.3 Å². The predicted molar refractivity (Wildman–Crippen MR) is 72.3 cm³/mol. The number of benzene rings is 2. The number of hydrogen-bond acceptors (Lipinski definition) is 2. The van der Waals surface area contributed by atoms with Crippen LogP contribution in [0.3, 0.4) is 0 Å². The summed E-state index contributed by atoms with van der Waals surface area (Å²) < 4.78 is 13.8. The number of para-hydroxylation sites is 1. The van der Waals surface area contributed by atoms with Crippen molar-refractivity contribution >= 4 is 11.4 Å². The monoisotopic (exact) mass is 242 g/mol. The first-order valence-electron chi connectivity index (χ1n) is 6.07. The molecule has 0 amide bonds. The third kappa shape index (κ3) is 1.72. The van der Waals surface area contributed by atoms with Crippen molar-refractivity contribution in [3.63, 3.8) is 0 Å². The molecule has 2 aromatic carbocycles. The zero-order valence-corrected chi connectivity index (χ0v) is 10.3. The Morgan fingerprint density at radius 3 is 2.67 bits per heavy atom. The number of nitrogens with one attached hydrogen (secondary N) is 1. The van der Waals surface area contributed by atoms with Gasteiger partial charge in [-0.2, -0.15) is 0 Å². The fourth-order valence-electron chi connectivity index (χ4n) is 2.53. The van der Waals surface area contributed by atoms with Crippen LogP contribution in [0.2, 0.25) is 0 Å². The molecule has 0 aromatic heterocycles. The van der Waals surface area contributed by atoms with Crippen LogP contribution < -0.4 is 10.2 Å². The van der Waals surface area contributed by atoms with Crippen molar-refractivity contribution in [1.29, 1.82) is 0 Å². The van der Waals surface area contributed by atoms with Crippen LogP contribution >= 0.6 is 0 Å². The first-order chi connectivity index (χ1) is 8.79. The molecule has 2 aromatic rings. The maximum Gasteiger partial charge on any atom is 0.146 e. The minimum Gasteiger partial charge on any atom is -0.388 e. The van der Waals surface area contributed by atoms with Gasteiger partial charge in [0.25, 0.3) is 0 Å². The summed E-state index contributed by atoms with van der Waals surface area (Å²) in [4.78, 5) is 2.07. The Labute approximate surface area is 106 Å². The van der Waals surface area contributed by atoms with Gasteiger partial charge in [0.1, 0.15) is 5.82 Å². The van der Waals surface area contributed by atoms with Crippen molar-refractivity contribution in [1.82, 2.24) is 0 Å². The number of fused-ring (bicyclic) bond motifs is 1. The molecule has 0 aliphatic carbocycles. The summed E-state index contributed by atoms with van der Waals surface area (Å²) in [7, 11) is 1.92. The zero-order chi connectivity index (χ0) is 12.5. The van der Waals surface area contributed by atoms with Gasteiger partial charge >= 0.3 is 0 Å². The van der Waals surface area contributed by atoms with E-state index in [4.69, 9.17) is 0 Å². The first-order valence-corrected chi connectivity index (χ1v) is 6.07. The largest absolute Gasteiger partial charge is 0.388 e. The zero-order valence-electron chi connectivity index (χ0n) is 10.3. The van der Waals surface area contributed by atoms with Gasteiger partial charge in [0.2, 0.25) is 0 Å². The molecule has 0 atom stereocenters. The van der Waals surface area contributed by atoms with Crippen LogP contribution in [0, 0.1) is 5.82 Å². The topological polar surface area (TPSA) is 15.3 Å². The summed E-state index contributed by atoms with van der Waals surface area (Å²) in [5, 5.41) is 3.19. The highest BCUT2D eigenvalue weighted by molar-refractivity contribution is 5.61. The molecule has 0 saturated carbocycles. The lowest BCUT2D eigenvalue weighted by Gasteiger charge is -2.18. The fourth-order valence-corrected chi connectivity index (χ4v) is 2.53. The Kier molecular flexibility index (Phi) is 2.67. The lowest BCUT2D eigenvalue weighted by atomic mass is 10.1. The molecule has 3 heteroatoms. The summed E-state index contributed by atoms with van der Waals surface area (Å²) in [5.74, 6) is -0.156. The fraction of sp³-hybridized carbons (Fsp3) is 0.200. The molecule has 2 nitrogen and oxygen atoms in total. The summed E-state index contributed by atoms with van der Waals surface area (Å²) in [6, 6.07) is 13.1. The van der Waals surface area contributed by atoms with Crippen molar-refractivity contribution in [3.8, 4) is 0 Å². The van der Waals surface area contributed by atoms with Crippen LogP contribution in [0.15, 0.2) is 42.5 Å². The van der Waals surface area contributed by atoms with E-state index in [0.717, 1.165) is 18.8 Å². The van der Waals surface area contributed by atoms with Crippen LogP contribution in [0.5, 0.6) is 0 Å². The van der Waals surface area contributed by atoms with E-state index < -0.39 is 0 Å². The molecular formula is C15H15FN2.